The number of amides is 2. The number of hydrogen-bond donors (Lipinski definition) is 1. The quantitative estimate of drug-likeness (QED) is 0.166. The molecule has 1 N–H and O–H groups in total. The number of nitrogens with zero attached hydrogens (tertiary/aromatic N) is 2. The van der Waals surface area contributed by atoms with Gasteiger partial charge in [0.05, 0.1) is 37.6 Å². The van der Waals surface area contributed by atoms with Crippen LogP contribution in [0.25, 0.3) is 0 Å². The van der Waals surface area contributed by atoms with E-state index in [4.69, 9.17) is 23.8 Å². The van der Waals surface area contributed by atoms with E-state index in [1.54, 1.807) is 12.1 Å². The van der Waals surface area contributed by atoms with Crippen LogP contribution in [0.15, 0.2) is 113 Å². The summed E-state index contributed by atoms with van der Waals surface area (Å²) in [6.07, 6.45) is -1.22. The minimum Gasteiger partial charge on any atom is -0.373 e. The molecule has 49 heavy (non-hydrogen) atoms. The molecule has 4 aromatic rings. The van der Waals surface area contributed by atoms with Crippen molar-refractivity contribution in [2.75, 3.05) is 13.2 Å². The molecule has 2 aliphatic heterocycles. The van der Waals surface area contributed by atoms with Gasteiger partial charge in [0, 0.05) is 11.8 Å². The monoisotopic (exact) mass is 667 g/mol. The zero-order valence-corrected chi connectivity index (χ0v) is 26.5. The first kappa shape index (κ1) is 33.4. The molecular weight excluding hydrogens is 634 g/mol. The van der Waals surface area contributed by atoms with E-state index in [9.17, 15) is 24.0 Å². The fourth-order valence-corrected chi connectivity index (χ4v) is 5.74. The maximum atomic E-state index is 14.6. The third-order valence-electron chi connectivity index (χ3n) is 8.17. The molecule has 4 atom stereocenters. The lowest BCUT2D eigenvalue weighted by atomic mass is 9.95. The second kappa shape index (κ2) is 14.3. The Hall–Kier alpha value is -5.47. The fourth-order valence-electron chi connectivity index (χ4n) is 5.74. The van der Waals surface area contributed by atoms with Crippen molar-refractivity contribution in [2.24, 2.45) is 0 Å². The summed E-state index contributed by atoms with van der Waals surface area (Å²) in [5, 5.41) is 0.368. The molecule has 13 heteroatoms. The highest BCUT2D eigenvalue weighted by Gasteiger charge is 2.64. The number of hydrogen-bond acceptors (Lipinski definition) is 10. The first-order chi connectivity index (χ1) is 23.7. The van der Waals surface area contributed by atoms with E-state index in [1.807, 2.05) is 60.7 Å². The Bertz CT molecular complexity index is 1940. The first-order valence-corrected chi connectivity index (χ1v) is 15.4. The number of nitrogens with one attached hydrogen (secondary N) is 1. The Morgan fingerprint density at radius 1 is 0.878 bits per heavy atom. The molecular formula is C36H33N3O10. The van der Waals surface area contributed by atoms with Gasteiger partial charge < -0.3 is 23.8 Å². The van der Waals surface area contributed by atoms with Gasteiger partial charge in [-0.3, -0.25) is 23.9 Å². The highest BCUT2D eigenvalue weighted by atomic mass is 16.7. The summed E-state index contributed by atoms with van der Waals surface area (Å²) in [5.41, 5.74) is -1.89. The molecule has 4 unspecified atom stereocenters. The van der Waals surface area contributed by atoms with Crippen molar-refractivity contribution in [3.63, 3.8) is 0 Å². The van der Waals surface area contributed by atoms with Gasteiger partial charge in [-0.1, -0.05) is 83.9 Å². The van der Waals surface area contributed by atoms with Crippen LogP contribution in [0.1, 0.15) is 43.6 Å². The van der Waals surface area contributed by atoms with Crippen molar-refractivity contribution in [3.05, 3.63) is 152 Å². The molecule has 0 aliphatic carbocycles. The third kappa shape index (κ3) is 6.65. The van der Waals surface area contributed by atoms with Crippen LogP contribution in [0.5, 0.6) is 0 Å². The Labute approximate surface area is 280 Å². The van der Waals surface area contributed by atoms with Crippen LogP contribution in [0.4, 0.5) is 0 Å². The van der Waals surface area contributed by atoms with Crippen molar-refractivity contribution in [3.8, 4) is 0 Å². The van der Waals surface area contributed by atoms with Crippen LogP contribution in [0, 0.1) is 6.92 Å². The molecule has 3 heterocycles. The molecule has 1 fully saturated rings. The van der Waals surface area contributed by atoms with Gasteiger partial charge in [-0.25, -0.2) is 9.59 Å². The van der Waals surface area contributed by atoms with Crippen molar-refractivity contribution in [2.45, 2.75) is 44.2 Å². The molecule has 3 aromatic carbocycles. The van der Waals surface area contributed by atoms with E-state index in [0.717, 1.165) is 15.7 Å². The van der Waals surface area contributed by atoms with Crippen LogP contribution in [0.3, 0.4) is 0 Å². The minimum atomic E-state index is -2.24. The van der Waals surface area contributed by atoms with Crippen molar-refractivity contribution >= 4 is 17.8 Å². The highest BCUT2D eigenvalue weighted by molar-refractivity contribution is 6.21. The number of imide groups is 1. The Morgan fingerprint density at radius 2 is 1.47 bits per heavy atom. The predicted octanol–water partition coefficient (Wildman–Crippen LogP) is 3.24. The Balaban J connectivity index is 1.44. The number of carbonyl (C=O) groups excluding carboxylic acids is 3. The zero-order valence-electron chi connectivity index (χ0n) is 26.5. The van der Waals surface area contributed by atoms with Crippen LogP contribution in [-0.2, 0) is 41.8 Å². The van der Waals surface area contributed by atoms with E-state index in [1.165, 1.54) is 31.3 Å². The minimum absolute atomic E-state index is 0.0260. The average Bonchev–Trinajstić information content (AvgIpc) is 3.55. The number of carbonyl (C=O) groups is 3. The predicted molar refractivity (Wildman–Crippen MR) is 173 cm³/mol. The van der Waals surface area contributed by atoms with E-state index < -0.39 is 59.7 Å². The Morgan fingerprint density at radius 3 is 2.08 bits per heavy atom. The molecule has 0 saturated carbocycles. The maximum absolute atomic E-state index is 14.6. The number of benzene rings is 3. The lowest BCUT2D eigenvalue weighted by Crippen LogP contribution is -2.57. The molecule has 252 valence electrons. The average molecular weight is 668 g/mol. The van der Waals surface area contributed by atoms with E-state index >= 15 is 0 Å². The van der Waals surface area contributed by atoms with Crippen molar-refractivity contribution in [1.29, 1.82) is 0 Å². The van der Waals surface area contributed by atoms with Gasteiger partial charge in [0.25, 0.3) is 17.4 Å². The number of hydroxylamine groups is 2. The van der Waals surface area contributed by atoms with Crippen molar-refractivity contribution < 1.29 is 38.2 Å². The smallest absolute Gasteiger partial charge is 0.370 e. The number of aromatic amines is 1. The molecule has 1 aromatic heterocycles. The number of aromatic nitrogens is 2. The van der Waals surface area contributed by atoms with Crippen LogP contribution in [0.2, 0.25) is 0 Å². The molecule has 0 bridgehead atoms. The van der Waals surface area contributed by atoms with Gasteiger partial charge >= 0.3 is 11.7 Å². The van der Waals surface area contributed by atoms with E-state index in [-0.39, 0.29) is 36.5 Å². The number of ether oxygens (including phenoxy) is 4. The lowest BCUT2D eigenvalue weighted by molar-refractivity contribution is -0.218. The number of rotatable bonds is 13. The van der Waals surface area contributed by atoms with Gasteiger partial charge in [-0.05, 0) is 30.2 Å². The SMILES string of the molecule is C=CCOC1C(n2cc(C)c(=O)[nH]c2=O)OC(COCc2ccccc2)(C(=O)ON2C(=O)c3ccccc3C2=O)C1OCc1ccccc1. The molecule has 2 aliphatic rings. The summed E-state index contributed by atoms with van der Waals surface area (Å²) < 4.78 is 26.2. The van der Waals surface area contributed by atoms with Gasteiger partial charge in [-0.2, -0.15) is 0 Å². The molecule has 0 spiro atoms. The second-order valence-electron chi connectivity index (χ2n) is 11.5. The summed E-state index contributed by atoms with van der Waals surface area (Å²) in [6, 6.07) is 24.3. The second-order valence-corrected chi connectivity index (χ2v) is 11.5. The molecule has 2 amide bonds. The summed E-state index contributed by atoms with van der Waals surface area (Å²) in [7, 11) is 0. The molecule has 13 nitrogen and oxygen atoms in total. The standard InChI is InChI=1S/C36H33N3O10/c1-3-18-46-28-29(47-21-25-14-8-5-9-15-25)36(22-45-20-24-12-6-4-7-13-24,48-33(28)38-19-23(2)30(40)37-35(38)44)34(43)49-39-31(41)26-16-10-11-17-27(26)32(39)42/h3-17,19,28-29,33H,1,18,20-22H2,2H3,(H,37,40,44). The van der Waals surface area contributed by atoms with Crippen LogP contribution >= 0.6 is 0 Å². The summed E-state index contributed by atoms with van der Waals surface area (Å²) in [6.45, 7) is 4.62. The largest absolute Gasteiger partial charge is 0.373 e. The number of fused-ring (bicyclic) bond motifs is 1. The Kier molecular flexibility index (Phi) is 9.78. The fraction of sp³-hybridized carbons (Fsp3) is 0.250. The van der Waals surface area contributed by atoms with Crippen molar-refractivity contribution in [1.82, 2.24) is 14.6 Å². The topological polar surface area (TPSA) is 155 Å². The summed E-state index contributed by atoms with van der Waals surface area (Å²) in [5.74, 6) is -2.91. The highest BCUT2D eigenvalue weighted by Crippen LogP contribution is 2.43. The molecule has 1 saturated heterocycles. The van der Waals surface area contributed by atoms with Gasteiger partial charge in [-0.15, -0.1) is 6.58 Å². The zero-order chi connectivity index (χ0) is 34.5. The normalized spacial score (nSPS) is 21.5. The van der Waals surface area contributed by atoms with Gasteiger partial charge in [0.2, 0.25) is 5.60 Å². The maximum Gasteiger partial charge on any atom is 0.370 e. The van der Waals surface area contributed by atoms with Crippen LogP contribution in [-0.4, -0.2) is 63.4 Å². The lowest BCUT2D eigenvalue weighted by Gasteiger charge is -2.33. The van der Waals surface area contributed by atoms with Gasteiger partial charge in [0.15, 0.2) is 6.23 Å². The van der Waals surface area contributed by atoms with E-state index in [0.29, 0.717) is 5.06 Å². The summed E-state index contributed by atoms with van der Waals surface area (Å²) in [4.78, 5) is 74.5. The van der Waals surface area contributed by atoms with E-state index in [2.05, 4.69) is 11.6 Å². The van der Waals surface area contributed by atoms with Crippen LogP contribution < -0.4 is 11.2 Å². The number of H-pyrrole nitrogens is 1. The number of aryl methyl sites for hydroxylation is 1. The molecule has 0 radical (unpaired) electrons. The third-order valence-corrected chi connectivity index (χ3v) is 8.17. The first-order valence-electron chi connectivity index (χ1n) is 15.4. The summed E-state index contributed by atoms with van der Waals surface area (Å²) >= 11 is 0. The molecule has 6 rings (SSSR count). The van der Waals surface area contributed by atoms with Gasteiger partial charge in [0.1, 0.15) is 12.2 Å².